The van der Waals surface area contributed by atoms with Gasteiger partial charge in [-0.2, -0.15) is 8.78 Å². The summed E-state index contributed by atoms with van der Waals surface area (Å²) >= 11 is 4.64. The van der Waals surface area contributed by atoms with E-state index in [2.05, 4.69) is 11.6 Å². The Morgan fingerprint density at radius 3 is 2.77 bits per heavy atom. The first-order valence-electron chi connectivity index (χ1n) is 4.36. The molecule has 1 saturated heterocycles. The topological polar surface area (TPSA) is 29.5 Å². The first-order valence-corrected chi connectivity index (χ1v) is 4.74. The van der Waals surface area contributed by atoms with Crippen molar-refractivity contribution in [3.05, 3.63) is 0 Å². The van der Waals surface area contributed by atoms with Crippen LogP contribution < -0.4 is 0 Å². The van der Waals surface area contributed by atoms with Crippen LogP contribution in [0.15, 0.2) is 0 Å². The minimum absolute atomic E-state index is 0.0127. The summed E-state index contributed by atoms with van der Waals surface area (Å²) in [7, 11) is 0. The fraction of sp³-hybridized carbons (Fsp3) is 1.00. The smallest absolute Gasteiger partial charge is 0.347 e. The van der Waals surface area contributed by atoms with Gasteiger partial charge in [0.1, 0.15) is 6.10 Å². The van der Waals surface area contributed by atoms with Crippen LogP contribution in [0.3, 0.4) is 0 Å². The molecule has 1 aliphatic rings. The lowest BCUT2D eigenvalue weighted by molar-refractivity contribution is -0.0504. The molecular formula is C8H13ClF2O2. The van der Waals surface area contributed by atoms with Gasteiger partial charge in [-0.05, 0) is 37.3 Å². The molecule has 0 spiro atoms. The molecule has 1 rings (SSSR count). The van der Waals surface area contributed by atoms with Gasteiger partial charge in [-0.1, -0.05) is 0 Å². The predicted octanol–water partition coefficient (Wildman–Crippen LogP) is 2.14. The zero-order valence-electron chi connectivity index (χ0n) is 7.18. The van der Waals surface area contributed by atoms with Crippen LogP contribution in [0.25, 0.3) is 0 Å². The largest absolute Gasteiger partial charge is 0.385 e. The number of hydrogen-bond donors (Lipinski definition) is 1. The van der Waals surface area contributed by atoms with Crippen molar-refractivity contribution in [1.29, 1.82) is 0 Å². The van der Waals surface area contributed by atoms with Crippen molar-refractivity contribution >= 4 is 11.6 Å². The Labute approximate surface area is 80.8 Å². The van der Waals surface area contributed by atoms with Gasteiger partial charge in [-0.25, -0.2) is 0 Å². The third-order valence-corrected chi connectivity index (χ3v) is 2.42. The lowest BCUT2D eigenvalue weighted by atomic mass is 10.1. The van der Waals surface area contributed by atoms with Gasteiger partial charge in [0.25, 0.3) is 0 Å². The van der Waals surface area contributed by atoms with E-state index in [0.29, 0.717) is 13.0 Å². The summed E-state index contributed by atoms with van der Waals surface area (Å²) in [5.41, 5.74) is 0. The molecule has 0 aliphatic carbocycles. The second-order valence-electron chi connectivity index (χ2n) is 3.27. The van der Waals surface area contributed by atoms with Crippen molar-refractivity contribution in [1.82, 2.24) is 0 Å². The molecule has 1 N–H and O–H groups in total. The van der Waals surface area contributed by atoms with Gasteiger partial charge >= 0.3 is 5.38 Å². The Morgan fingerprint density at radius 2 is 2.31 bits per heavy atom. The van der Waals surface area contributed by atoms with Gasteiger partial charge in [0.2, 0.25) is 0 Å². The summed E-state index contributed by atoms with van der Waals surface area (Å²) in [6, 6.07) is 0. The summed E-state index contributed by atoms with van der Waals surface area (Å²) < 4.78 is 29.7. The summed E-state index contributed by atoms with van der Waals surface area (Å²) in [5.74, 6) is 0. The van der Waals surface area contributed by atoms with E-state index in [1.165, 1.54) is 0 Å². The Bertz CT molecular complexity index is 155. The fourth-order valence-corrected chi connectivity index (χ4v) is 1.49. The quantitative estimate of drug-likeness (QED) is 0.727. The zero-order chi connectivity index (χ0) is 9.90. The van der Waals surface area contributed by atoms with E-state index < -0.39 is 11.5 Å². The highest BCUT2D eigenvalue weighted by Gasteiger charge is 2.35. The molecule has 1 heterocycles. The van der Waals surface area contributed by atoms with Crippen molar-refractivity contribution < 1.29 is 18.6 Å². The number of aliphatic hydroxyl groups is 1. The maximum Gasteiger partial charge on any atom is 0.347 e. The van der Waals surface area contributed by atoms with Crippen molar-refractivity contribution in [3.63, 3.8) is 0 Å². The summed E-state index contributed by atoms with van der Waals surface area (Å²) in [5, 5.41) is 5.39. The average molecular weight is 215 g/mol. The predicted molar refractivity (Wildman–Crippen MR) is 45.0 cm³/mol. The van der Waals surface area contributed by atoms with Crippen LogP contribution >= 0.6 is 11.6 Å². The Kier molecular flexibility index (Phi) is 3.88. The van der Waals surface area contributed by atoms with Crippen LogP contribution in [0.1, 0.15) is 25.7 Å². The van der Waals surface area contributed by atoms with Crippen molar-refractivity contribution in [2.75, 3.05) is 6.61 Å². The molecule has 0 aromatic carbocycles. The van der Waals surface area contributed by atoms with Crippen molar-refractivity contribution in [2.45, 2.75) is 43.3 Å². The minimum atomic E-state index is -3.52. The maximum absolute atomic E-state index is 12.3. The van der Waals surface area contributed by atoms with E-state index in [4.69, 9.17) is 9.84 Å². The molecule has 1 fully saturated rings. The van der Waals surface area contributed by atoms with Crippen LogP contribution in [0.4, 0.5) is 8.78 Å². The fourth-order valence-electron chi connectivity index (χ4n) is 1.38. The molecule has 0 aromatic heterocycles. The normalized spacial score (nSPS) is 26.3. The number of aliphatic hydroxyl groups excluding tert-OH is 1. The minimum Gasteiger partial charge on any atom is -0.385 e. The number of ether oxygens (including phenoxy) is 1. The molecule has 0 bridgehead atoms. The van der Waals surface area contributed by atoms with E-state index >= 15 is 0 Å². The van der Waals surface area contributed by atoms with E-state index in [1.807, 2.05) is 0 Å². The van der Waals surface area contributed by atoms with Gasteiger partial charge < -0.3 is 9.84 Å². The molecule has 0 saturated carbocycles. The average Bonchev–Trinajstić information content (AvgIpc) is 2.50. The zero-order valence-corrected chi connectivity index (χ0v) is 7.94. The highest BCUT2D eigenvalue weighted by molar-refractivity contribution is 6.22. The van der Waals surface area contributed by atoms with Crippen LogP contribution in [0.5, 0.6) is 0 Å². The molecule has 2 nitrogen and oxygen atoms in total. The van der Waals surface area contributed by atoms with Gasteiger partial charge in [0.05, 0.1) is 6.10 Å². The second kappa shape index (κ2) is 4.53. The number of hydrogen-bond acceptors (Lipinski definition) is 2. The molecule has 13 heavy (non-hydrogen) atoms. The van der Waals surface area contributed by atoms with Crippen LogP contribution in [-0.2, 0) is 4.74 Å². The number of halogens is 3. The SMILES string of the molecule is OC(CCC1CCCO1)C(F)(F)Cl. The Balaban J connectivity index is 2.17. The molecule has 78 valence electrons. The number of alkyl halides is 3. The molecular weight excluding hydrogens is 202 g/mol. The van der Waals surface area contributed by atoms with E-state index in [-0.39, 0.29) is 12.5 Å². The first-order chi connectivity index (χ1) is 6.00. The highest BCUT2D eigenvalue weighted by atomic mass is 35.5. The molecule has 1 aliphatic heterocycles. The third kappa shape index (κ3) is 3.75. The van der Waals surface area contributed by atoms with Crippen molar-refractivity contribution in [3.8, 4) is 0 Å². The molecule has 2 atom stereocenters. The molecule has 0 aromatic rings. The lowest BCUT2D eigenvalue weighted by Gasteiger charge is -2.17. The standard InChI is InChI=1S/C8H13ClF2O2/c9-8(10,11)7(12)4-3-6-2-1-5-13-6/h6-7,12H,1-5H2. The molecule has 0 amide bonds. The second-order valence-corrected chi connectivity index (χ2v) is 3.77. The first kappa shape index (κ1) is 11.1. The molecule has 0 radical (unpaired) electrons. The van der Waals surface area contributed by atoms with Crippen LogP contribution in [-0.4, -0.2) is 29.3 Å². The van der Waals surface area contributed by atoms with E-state index in [1.54, 1.807) is 0 Å². The molecule has 5 heteroatoms. The van der Waals surface area contributed by atoms with E-state index in [0.717, 1.165) is 12.8 Å². The third-order valence-electron chi connectivity index (χ3n) is 2.16. The Morgan fingerprint density at radius 1 is 1.62 bits per heavy atom. The van der Waals surface area contributed by atoms with Crippen LogP contribution in [0, 0.1) is 0 Å². The van der Waals surface area contributed by atoms with Crippen molar-refractivity contribution in [2.24, 2.45) is 0 Å². The highest BCUT2D eigenvalue weighted by Crippen LogP contribution is 2.28. The summed E-state index contributed by atoms with van der Waals surface area (Å²) in [6.45, 7) is 0.692. The van der Waals surface area contributed by atoms with Gasteiger partial charge in [-0.3, -0.25) is 0 Å². The van der Waals surface area contributed by atoms with Crippen LogP contribution in [0.2, 0.25) is 0 Å². The van der Waals surface area contributed by atoms with Gasteiger partial charge in [0, 0.05) is 6.61 Å². The molecule has 2 unspecified atom stereocenters. The van der Waals surface area contributed by atoms with Gasteiger partial charge in [-0.15, -0.1) is 0 Å². The maximum atomic E-state index is 12.3. The van der Waals surface area contributed by atoms with Gasteiger partial charge in [0.15, 0.2) is 0 Å². The monoisotopic (exact) mass is 214 g/mol. The number of rotatable bonds is 4. The lowest BCUT2D eigenvalue weighted by Crippen LogP contribution is -2.28. The summed E-state index contributed by atoms with van der Waals surface area (Å²) in [6.07, 6.45) is 0.551. The van der Waals surface area contributed by atoms with E-state index in [9.17, 15) is 8.78 Å². The summed E-state index contributed by atoms with van der Waals surface area (Å²) in [4.78, 5) is 0. The Hall–Kier alpha value is 0.0700.